The van der Waals surface area contributed by atoms with E-state index in [4.69, 9.17) is 9.47 Å². The van der Waals surface area contributed by atoms with Crippen molar-refractivity contribution in [1.29, 1.82) is 0 Å². The highest BCUT2D eigenvalue weighted by Gasteiger charge is 2.21. The molecular formula is C14H18FNO6S. The third kappa shape index (κ3) is 4.88. The first-order valence-electron chi connectivity index (χ1n) is 7.03. The van der Waals surface area contributed by atoms with Gasteiger partial charge in [-0.3, -0.25) is 0 Å². The lowest BCUT2D eigenvalue weighted by Crippen LogP contribution is -2.31. The van der Waals surface area contributed by atoms with Crippen LogP contribution in [0.1, 0.15) is 12.8 Å². The van der Waals surface area contributed by atoms with Crippen molar-refractivity contribution in [2.24, 2.45) is 0 Å². The molecule has 1 aromatic rings. The highest BCUT2D eigenvalue weighted by molar-refractivity contribution is 7.89. The Labute approximate surface area is 133 Å². The van der Waals surface area contributed by atoms with E-state index in [0.29, 0.717) is 6.61 Å². The zero-order chi connectivity index (χ0) is 16.9. The van der Waals surface area contributed by atoms with Gasteiger partial charge in [0.1, 0.15) is 0 Å². The van der Waals surface area contributed by atoms with Crippen LogP contribution in [0.2, 0.25) is 0 Å². The van der Waals surface area contributed by atoms with Gasteiger partial charge in [-0.25, -0.2) is 22.3 Å². The zero-order valence-electron chi connectivity index (χ0n) is 12.6. The lowest BCUT2D eigenvalue weighted by molar-refractivity contribution is -0.142. The highest BCUT2D eigenvalue weighted by atomic mass is 32.2. The van der Waals surface area contributed by atoms with Crippen molar-refractivity contribution in [1.82, 2.24) is 4.72 Å². The molecule has 0 radical (unpaired) electrons. The summed E-state index contributed by atoms with van der Waals surface area (Å²) in [4.78, 5) is 10.7. The Morgan fingerprint density at radius 1 is 1.48 bits per heavy atom. The summed E-state index contributed by atoms with van der Waals surface area (Å²) in [6, 6.07) is 3.19. The first-order chi connectivity index (χ1) is 10.9. The molecule has 1 fully saturated rings. The van der Waals surface area contributed by atoms with Gasteiger partial charge in [-0.15, -0.1) is 0 Å². The Kier molecular flexibility index (Phi) is 5.91. The van der Waals surface area contributed by atoms with Crippen molar-refractivity contribution in [3.8, 4) is 5.75 Å². The van der Waals surface area contributed by atoms with Crippen LogP contribution in [-0.4, -0.2) is 47.4 Å². The van der Waals surface area contributed by atoms with Gasteiger partial charge in [0, 0.05) is 13.2 Å². The lowest BCUT2D eigenvalue weighted by atomic mass is 10.2. The number of ether oxygens (including phenoxy) is 3. The standard InChI is InChI=1S/C14H18FNO6S/c1-20-14(17)9-22-13-5-4-11(7-12(13)15)23(18,19)16-8-10-3-2-6-21-10/h4-5,7,10,16H,2-3,6,8-9H2,1H3. The molecule has 0 aliphatic carbocycles. The average molecular weight is 347 g/mol. The molecule has 1 atom stereocenters. The molecule has 9 heteroatoms. The minimum absolute atomic E-state index is 0.143. The van der Waals surface area contributed by atoms with Gasteiger partial charge in [0.15, 0.2) is 18.2 Å². The Morgan fingerprint density at radius 3 is 2.87 bits per heavy atom. The maximum atomic E-state index is 13.9. The average Bonchev–Trinajstić information content (AvgIpc) is 3.05. The number of methoxy groups -OCH3 is 1. The van der Waals surface area contributed by atoms with Crippen LogP contribution in [0, 0.1) is 5.82 Å². The van der Waals surface area contributed by atoms with Gasteiger partial charge in [-0.05, 0) is 31.0 Å². The molecular weight excluding hydrogens is 329 g/mol. The molecule has 1 aromatic carbocycles. The summed E-state index contributed by atoms with van der Waals surface area (Å²) >= 11 is 0. The van der Waals surface area contributed by atoms with E-state index in [1.54, 1.807) is 0 Å². The summed E-state index contributed by atoms with van der Waals surface area (Å²) in [5.41, 5.74) is 0. The zero-order valence-corrected chi connectivity index (χ0v) is 13.4. The summed E-state index contributed by atoms with van der Waals surface area (Å²) in [6.45, 7) is 0.300. The second kappa shape index (κ2) is 7.71. The van der Waals surface area contributed by atoms with Crippen molar-refractivity contribution in [2.45, 2.75) is 23.8 Å². The van der Waals surface area contributed by atoms with Crippen LogP contribution < -0.4 is 9.46 Å². The number of benzene rings is 1. The van der Waals surface area contributed by atoms with Crippen LogP contribution in [0.4, 0.5) is 4.39 Å². The third-order valence-electron chi connectivity index (χ3n) is 3.31. The van der Waals surface area contributed by atoms with E-state index >= 15 is 0 Å². The van der Waals surface area contributed by atoms with Gasteiger partial charge in [0.2, 0.25) is 10.0 Å². The molecule has 1 heterocycles. The van der Waals surface area contributed by atoms with Gasteiger partial charge in [-0.2, -0.15) is 0 Å². The maximum Gasteiger partial charge on any atom is 0.343 e. The molecule has 2 rings (SSSR count). The van der Waals surface area contributed by atoms with Crippen LogP contribution in [-0.2, 0) is 24.3 Å². The smallest absolute Gasteiger partial charge is 0.343 e. The third-order valence-corrected chi connectivity index (χ3v) is 4.73. The number of carbonyl (C=O) groups is 1. The van der Waals surface area contributed by atoms with Crippen molar-refractivity contribution in [3.05, 3.63) is 24.0 Å². The Morgan fingerprint density at radius 2 is 2.26 bits per heavy atom. The largest absolute Gasteiger partial charge is 0.479 e. The van der Waals surface area contributed by atoms with E-state index in [9.17, 15) is 17.6 Å². The fraction of sp³-hybridized carbons (Fsp3) is 0.500. The molecule has 128 valence electrons. The number of esters is 1. The van der Waals surface area contributed by atoms with E-state index in [1.165, 1.54) is 13.2 Å². The topological polar surface area (TPSA) is 90.9 Å². The van der Waals surface area contributed by atoms with Crippen molar-refractivity contribution >= 4 is 16.0 Å². The van der Waals surface area contributed by atoms with Crippen molar-refractivity contribution in [2.75, 3.05) is 26.9 Å². The Balaban J connectivity index is 2.01. The molecule has 7 nitrogen and oxygen atoms in total. The molecule has 1 aliphatic rings. The monoisotopic (exact) mass is 347 g/mol. The number of rotatable bonds is 7. The minimum atomic E-state index is -3.84. The minimum Gasteiger partial charge on any atom is -0.479 e. The van der Waals surface area contributed by atoms with Crippen LogP contribution in [0.15, 0.2) is 23.1 Å². The van der Waals surface area contributed by atoms with Crippen LogP contribution >= 0.6 is 0 Å². The number of halogens is 1. The lowest BCUT2D eigenvalue weighted by Gasteiger charge is -2.12. The molecule has 1 N–H and O–H groups in total. The summed E-state index contributed by atoms with van der Waals surface area (Å²) < 4.78 is 55.1. The maximum absolute atomic E-state index is 13.9. The van der Waals surface area contributed by atoms with E-state index in [2.05, 4.69) is 9.46 Å². The number of sulfonamides is 1. The van der Waals surface area contributed by atoms with Gasteiger partial charge in [-0.1, -0.05) is 0 Å². The van der Waals surface area contributed by atoms with Gasteiger partial charge in [0.05, 0.1) is 18.1 Å². The number of hydrogen-bond donors (Lipinski definition) is 1. The molecule has 0 spiro atoms. The van der Waals surface area contributed by atoms with Crippen molar-refractivity contribution in [3.63, 3.8) is 0 Å². The van der Waals surface area contributed by atoms with Crippen LogP contribution in [0.5, 0.6) is 5.75 Å². The van der Waals surface area contributed by atoms with E-state index < -0.39 is 28.4 Å². The van der Waals surface area contributed by atoms with Gasteiger partial charge >= 0.3 is 5.97 Å². The van der Waals surface area contributed by atoms with E-state index in [0.717, 1.165) is 25.0 Å². The van der Waals surface area contributed by atoms with Gasteiger partial charge < -0.3 is 14.2 Å². The Bertz CT molecular complexity index is 657. The first kappa shape index (κ1) is 17.6. The van der Waals surface area contributed by atoms with E-state index in [1.807, 2.05) is 0 Å². The SMILES string of the molecule is COC(=O)COc1ccc(S(=O)(=O)NCC2CCCO2)cc1F. The summed E-state index contributed by atoms with van der Waals surface area (Å²) in [5, 5.41) is 0. The second-order valence-electron chi connectivity index (χ2n) is 4.94. The van der Waals surface area contributed by atoms with Gasteiger partial charge in [0.25, 0.3) is 0 Å². The van der Waals surface area contributed by atoms with Crippen molar-refractivity contribution < 1.29 is 31.8 Å². The second-order valence-corrected chi connectivity index (χ2v) is 6.71. The summed E-state index contributed by atoms with van der Waals surface area (Å²) in [7, 11) is -2.66. The molecule has 0 saturated carbocycles. The predicted octanol–water partition coefficient (Wildman–Crippen LogP) is 0.835. The van der Waals surface area contributed by atoms with E-state index in [-0.39, 0.29) is 23.3 Å². The number of carbonyl (C=O) groups excluding carboxylic acids is 1. The molecule has 0 aromatic heterocycles. The summed E-state index contributed by atoms with van der Waals surface area (Å²) in [5.74, 6) is -1.78. The first-order valence-corrected chi connectivity index (χ1v) is 8.51. The quantitative estimate of drug-likeness (QED) is 0.735. The molecule has 0 amide bonds. The van der Waals surface area contributed by atoms with Crippen LogP contribution in [0.3, 0.4) is 0 Å². The molecule has 1 aliphatic heterocycles. The van der Waals surface area contributed by atoms with Crippen LogP contribution in [0.25, 0.3) is 0 Å². The number of nitrogens with one attached hydrogen (secondary N) is 1. The summed E-state index contributed by atoms with van der Waals surface area (Å²) in [6.07, 6.45) is 1.53. The fourth-order valence-corrected chi connectivity index (χ4v) is 3.13. The Hall–Kier alpha value is -1.71. The molecule has 1 saturated heterocycles. The highest BCUT2D eigenvalue weighted by Crippen LogP contribution is 2.21. The normalized spacial score (nSPS) is 17.9. The fourth-order valence-electron chi connectivity index (χ4n) is 2.05. The molecule has 1 unspecified atom stereocenters. The molecule has 0 bridgehead atoms. The number of hydrogen-bond acceptors (Lipinski definition) is 6. The predicted molar refractivity (Wildman–Crippen MR) is 78.1 cm³/mol. The molecule has 23 heavy (non-hydrogen) atoms.